The lowest BCUT2D eigenvalue weighted by atomic mass is 10.4. The summed E-state index contributed by atoms with van der Waals surface area (Å²) in [5, 5.41) is 0. The Bertz CT molecular complexity index is 199. The first-order chi connectivity index (χ1) is 7.16. The van der Waals surface area contributed by atoms with Gasteiger partial charge < -0.3 is 4.74 Å². The minimum Gasteiger partial charge on any atom is -0.337 e. The van der Waals surface area contributed by atoms with Crippen LogP contribution < -0.4 is 0 Å². The monoisotopic (exact) mass is 262 g/mol. The second kappa shape index (κ2) is 6.18. The minimum absolute atomic E-state index is 2.15. The Morgan fingerprint density at radius 3 is 1.75 bits per heavy atom. The summed E-state index contributed by atoms with van der Waals surface area (Å²) in [5.74, 6) is -4.70. The molecule has 0 fully saturated rings. The van der Waals surface area contributed by atoms with E-state index in [9.17, 15) is 35.1 Å². The SMILES string of the molecule is FC(F)OC(F)C(F)OCC(F)(F)C(F)F. The quantitative estimate of drug-likeness (QED) is 0.657. The van der Waals surface area contributed by atoms with Gasteiger partial charge in [0.2, 0.25) is 0 Å². The second-order valence-corrected chi connectivity index (χ2v) is 2.47. The van der Waals surface area contributed by atoms with Gasteiger partial charge in [0, 0.05) is 0 Å². The van der Waals surface area contributed by atoms with Gasteiger partial charge in [-0.3, -0.25) is 4.74 Å². The first-order valence-corrected chi connectivity index (χ1v) is 3.66. The Morgan fingerprint density at radius 2 is 1.38 bits per heavy atom. The van der Waals surface area contributed by atoms with Crippen LogP contribution in [0, 0.1) is 0 Å². The highest BCUT2D eigenvalue weighted by Crippen LogP contribution is 2.24. The molecule has 0 aliphatic rings. The minimum atomic E-state index is -4.70. The Balaban J connectivity index is 4.01. The van der Waals surface area contributed by atoms with Crippen LogP contribution in [-0.4, -0.2) is 38.3 Å². The first-order valence-electron chi connectivity index (χ1n) is 3.66. The van der Waals surface area contributed by atoms with E-state index in [1.807, 2.05) is 0 Å². The van der Waals surface area contributed by atoms with Crippen LogP contribution in [0.4, 0.5) is 35.1 Å². The summed E-state index contributed by atoms with van der Waals surface area (Å²) in [6, 6.07) is 0. The van der Waals surface area contributed by atoms with E-state index >= 15 is 0 Å². The van der Waals surface area contributed by atoms with Crippen molar-refractivity contribution in [1.82, 2.24) is 0 Å². The standard InChI is InChI=1S/C6H6F8O2/c7-2(3(8)16-5(11)12)15-1-6(13,14)4(9)10/h2-5H,1H2. The number of alkyl halides is 8. The third-order valence-corrected chi connectivity index (χ3v) is 1.19. The second-order valence-electron chi connectivity index (χ2n) is 2.47. The molecule has 0 spiro atoms. The fourth-order valence-electron chi connectivity index (χ4n) is 0.489. The number of halogens is 8. The average Bonchev–Trinajstić information content (AvgIpc) is 2.12. The third kappa shape index (κ3) is 5.45. The van der Waals surface area contributed by atoms with E-state index in [0.29, 0.717) is 0 Å². The van der Waals surface area contributed by atoms with Crippen molar-refractivity contribution in [3.63, 3.8) is 0 Å². The van der Waals surface area contributed by atoms with Gasteiger partial charge in [0.25, 0.3) is 12.7 Å². The molecular formula is C6H6F8O2. The molecule has 98 valence electrons. The maximum Gasteiger partial charge on any atom is 0.347 e. The Hall–Kier alpha value is -0.640. The molecule has 0 heterocycles. The van der Waals surface area contributed by atoms with E-state index in [-0.39, 0.29) is 0 Å². The van der Waals surface area contributed by atoms with E-state index in [1.165, 1.54) is 0 Å². The first kappa shape index (κ1) is 15.4. The molecule has 0 amide bonds. The molecule has 0 aromatic heterocycles. The molecule has 0 aliphatic carbocycles. The van der Waals surface area contributed by atoms with Gasteiger partial charge in [-0.25, -0.2) is 17.6 Å². The van der Waals surface area contributed by atoms with Crippen molar-refractivity contribution in [3.8, 4) is 0 Å². The van der Waals surface area contributed by atoms with Gasteiger partial charge in [-0.2, -0.15) is 17.6 Å². The molecule has 0 rings (SSSR count). The highest BCUT2D eigenvalue weighted by Gasteiger charge is 2.42. The maximum atomic E-state index is 12.3. The van der Waals surface area contributed by atoms with Gasteiger partial charge in [-0.1, -0.05) is 0 Å². The predicted octanol–water partition coefficient (Wildman–Crippen LogP) is 2.73. The summed E-state index contributed by atoms with van der Waals surface area (Å²) < 4.78 is 100. The number of ether oxygens (including phenoxy) is 2. The van der Waals surface area contributed by atoms with E-state index < -0.39 is 38.3 Å². The molecule has 0 radical (unpaired) electrons. The molecule has 0 aromatic carbocycles. The lowest BCUT2D eigenvalue weighted by Gasteiger charge is -2.18. The molecule has 10 heteroatoms. The van der Waals surface area contributed by atoms with Gasteiger partial charge in [0.1, 0.15) is 6.61 Å². The Labute approximate surface area is 84.1 Å². The van der Waals surface area contributed by atoms with Crippen LogP contribution in [0.5, 0.6) is 0 Å². The molecule has 0 aliphatic heterocycles. The van der Waals surface area contributed by atoms with E-state index in [1.54, 1.807) is 0 Å². The average molecular weight is 262 g/mol. The fraction of sp³-hybridized carbons (Fsp3) is 1.00. The summed E-state index contributed by atoms with van der Waals surface area (Å²) in [6.07, 6.45) is -10.8. The zero-order valence-electron chi connectivity index (χ0n) is 7.36. The highest BCUT2D eigenvalue weighted by atomic mass is 19.3. The van der Waals surface area contributed by atoms with Crippen molar-refractivity contribution in [2.45, 2.75) is 31.7 Å². The topological polar surface area (TPSA) is 18.5 Å². The van der Waals surface area contributed by atoms with Crippen molar-refractivity contribution in [2.75, 3.05) is 6.61 Å². The van der Waals surface area contributed by atoms with E-state index in [2.05, 4.69) is 9.47 Å². The van der Waals surface area contributed by atoms with Crippen LogP contribution in [0.1, 0.15) is 0 Å². The Morgan fingerprint density at radius 1 is 0.875 bits per heavy atom. The summed E-state index contributed by atoms with van der Waals surface area (Å²) in [7, 11) is 0. The Kier molecular flexibility index (Phi) is 5.94. The van der Waals surface area contributed by atoms with Crippen LogP contribution in [0.15, 0.2) is 0 Å². The summed E-state index contributed by atoms with van der Waals surface area (Å²) >= 11 is 0. The lowest BCUT2D eigenvalue weighted by Crippen LogP contribution is -2.36. The van der Waals surface area contributed by atoms with Crippen LogP contribution in [-0.2, 0) is 9.47 Å². The molecule has 2 atom stereocenters. The van der Waals surface area contributed by atoms with Gasteiger partial charge in [-0.15, -0.1) is 0 Å². The van der Waals surface area contributed by atoms with Crippen LogP contribution in [0.25, 0.3) is 0 Å². The highest BCUT2D eigenvalue weighted by molar-refractivity contribution is 4.68. The largest absolute Gasteiger partial charge is 0.347 e. The summed E-state index contributed by atoms with van der Waals surface area (Å²) in [4.78, 5) is 0. The third-order valence-electron chi connectivity index (χ3n) is 1.19. The zero-order chi connectivity index (χ0) is 12.9. The van der Waals surface area contributed by atoms with Crippen LogP contribution in [0.2, 0.25) is 0 Å². The van der Waals surface area contributed by atoms with Gasteiger partial charge in [0.05, 0.1) is 0 Å². The van der Waals surface area contributed by atoms with Gasteiger partial charge >= 0.3 is 19.0 Å². The summed E-state index contributed by atoms with van der Waals surface area (Å²) in [6.45, 7) is -5.84. The molecule has 0 bridgehead atoms. The fourth-order valence-corrected chi connectivity index (χ4v) is 0.489. The maximum absolute atomic E-state index is 12.3. The predicted molar refractivity (Wildman–Crippen MR) is 33.8 cm³/mol. The van der Waals surface area contributed by atoms with Crippen molar-refractivity contribution in [1.29, 1.82) is 0 Å². The van der Waals surface area contributed by atoms with Crippen LogP contribution >= 0.6 is 0 Å². The lowest BCUT2D eigenvalue weighted by molar-refractivity contribution is -0.276. The molecule has 16 heavy (non-hydrogen) atoms. The zero-order valence-corrected chi connectivity index (χ0v) is 7.36. The number of hydrogen-bond donors (Lipinski definition) is 0. The van der Waals surface area contributed by atoms with Crippen molar-refractivity contribution in [3.05, 3.63) is 0 Å². The molecule has 0 saturated heterocycles. The van der Waals surface area contributed by atoms with Crippen molar-refractivity contribution in [2.24, 2.45) is 0 Å². The molecule has 0 aromatic rings. The molecule has 2 unspecified atom stereocenters. The van der Waals surface area contributed by atoms with Crippen molar-refractivity contribution < 1.29 is 44.6 Å². The summed E-state index contributed by atoms with van der Waals surface area (Å²) in [5.41, 5.74) is 0. The van der Waals surface area contributed by atoms with Crippen LogP contribution in [0.3, 0.4) is 0 Å². The normalized spacial score (nSPS) is 16.9. The van der Waals surface area contributed by atoms with Gasteiger partial charge in [0.15, 0.2) is 0 Å². The molecular weight excluding hydrogens is 256 g/mol. The van der Waals surface area contributed by atoms with E-state index in [0.717, 1.165) is 0 Å². The number of rotatable bonds is 7. The molecule has 0 saturated carbocycles. The smallest absolute Gasteiger partial charge is 0.337 e. The molecule has 2 nitrogen and oxygen atoms in total. The van der Waals surface area contributed by atoms with Gasteiger partial charge in [-0.05, 0) is 0 Å². The number of hydrogen-bond acceptors (Lipinski definition) is 2. The molecule has 0 N–H and O–H groups in total. The van der Waals surface area contributed by atoms with Crippen molar-refractivity contribution >= 4 is 0 Å². The van der Waals surface area contributed by atoms with E-state index in [4.69, 9.17) is 0 Å².